The molecule has 1 aromatic heterocycles. The van der Waals surface area contributed by atoms with Crippen molar-refractivity contribution in [2.45, 2.75) is 13.0 Å². The molecule has 9 heteroatoms. The van der Waals surface area contributed by atoms with Crippen LogP contribution in [0, 0.1) is 12.7 Å². The van der Waals surface area contributed by atoms with Gasteiger partial charge in [0.1, 0.15) is 11.3 Å². The molecule has 0 saturated carbocycles. The molecule has 0 fully saturated rings. The summed E-state index contributed by atoms with van der Waals surface area (Å²) < 4.78 is 24.8. The van der Waals surface area contributed by atoms with Crippen molar-refractivity contribution >= 4 is 28.8 Å². The van der Waals surface area contributed by atoms with Crippen LogP contribution in [-0.2, 0) is 9.53 Å². The third-order valence-corrected chi connectivity index (χ3v) is 3.94. The van der Waals surface area contributed by atoms with Crippen molar-refractivity contribution in [2.24, 2.45) is 0 Å². The first-order valence-corrected chi connectivity index (χ1v) is 8.33. The Morgan fingerprint density at radius 2 is 2.07 bits per heavy atom. The average molecular weight is 387 g/mol. The number of aliphatic carboxylic acids is 1. The van der Waals surface area contributed by atoms with Gasteiger partial charge in [0.15, 0.2) is 11.6 Å². The van der Waals surface area contributed by atoms with E-state index in [1.54, 1.807) is 12.1 Å². The largest absolute Gasteiger partial charge is 0.480 e. The topological polar surface area (TPSA) is 114 Å². The number of methoxy groups -OCH3 is 1. The molecule has 1 unspecified atom stereocenters. The molecule has 3 rings (SSSR count). The summed E-state index contributed by atoms with van der Waals surface area (Å²) in [4.78, 5) is 27.3. The molecule has 0 aliphatic rings. The number of oxazole rings is 1. The molecule has 0 aliphatic heterocycles. The summed E-state index contributed by atoms with van der Waals surface area (Å²) in [6, 6.07) is 7.48. The molecule has 1 heterocycles. The number of hydrogen-bond donors (Lipinski definition) is 3. The average Bonchev–Trinajstić information content (AvgIpc) is 3.06. The maximum atomic E-state index is 14.4. The van der Waals surface area contributed by atoms with Crippen LogP contribution in [0.15, 0.2) is 40.8 Å². The lowest BCUT2D eigenvalue weighted by atomic mass is 10.2. The molecule has 28 heavy (non-hydrogen) atoms. The summed E-state index contributed by atoms with van der Waals surface area (Å²) in [5.41, 5.74) is 2.56. The number of carbonyl (C=O) groups excluding carboxylic acids is 1. The van der Waals surface area contributed by atoms with Crippen LogP contribution in [0.5, 0.6) is 0 Å². The van der Waals surface area contributed by atoms with Crippen LogP contribution >= 0.6 is 0 Å². The molecule has 1 atom stereocenters. The second kappa shape index (κ2) is 8.05. The van der Waals surface area contributed by atoms with Gasteiger partial charge in [0, 0.05) is 12.7 Å². The van der Waals surface area contributed by atoms with Gasteiger partial charge < -0.3 is 24.9 Å². The number of anilines is 1. The van der Waals surface area contributed by atoms with E-state index in [0.29, 0.717) is 16.7 Å². The number of carboxylic acid groups (broad SMARTS) is 1. The molecular weight excluding hydrogens is 369 g/mol. The lowest BCUT2D eigenvalue weighted by Crippen LogP contribution is -2.45. The first kappa shape index (κ1) is 19.3. The number of rotatable bonds is 6. The van der Waals surface area contributed by atoms with Gasteiger partial charge in [0.05, 0.1) is 12.3 Å². The number of aryl methyl sites for hydroxylation is 1. The minimum absolute atomic E-state index is 0.116. The summed E-state index contributed by atoms with van der Waals surface area (Å²) in [7, 11) is 1.31. The normalized spacial score (nSPS) is 12.0. The number of nitrogens with zero attached hydrogens (tertiary/aromatic N) is 1. The molecule has 0 saturated heterocycles. The Kier molecular flexibility index (Phi) is 5.55. The zero-order valence-corrected chi connectivity index (χ0v) is 15.2. The van der Waals surface area contributed by atoms with Gasteiger partial charge >= 0.3 is 12.0 Å². The molecule has 3 aromatic rings. The number of halogens is 1. The number of hydrogen-bond acceptors (Lipinski definition) is 5. The molecule has 2 amide bonds. The highest BCUT2D eigenvalue weighted by molar-refractivity contribution is 5.92. The van der Waals surface area contributed by atoms with Gasteiger partial charge in [0.2, 0.25) is 5.89 Å². The van der Waals surface area contributed by atoms with Crippen molar-refractivity contribution in [1.82, 2.24) is 10.3 Å². The van der Waals surface area contributed by atoms with Crippen LogP contribution in [0.1, 0.15) is 5.56 Å². The fourth-order valence-corrected chi connectivity index (χ4v) is 2.57. The summed E-state index contributed by atoms with van der Waals surface area (Å²) in [6.07, 6.45) is 0. The fraction of sp³-hybridized carbons (Fsp3) is 0.211. The molecular formula is C19H18FN3O5. The van der Waals surface area contributed by atoms with Crippen molar-refractivity contribution in [3.8, 4) is 11.5 Å². The Bertz CT molecular complexity index is 1030. The third-order valence-electron chi connectivity index (χ3n) is 3.94. The smallest absolute Gasteiger partial charge is 0.328 e. The molecule has 0 radical (unpaired) electrons. The van der Waals surface area contributed by atoms with Gasteiger partial charge in [-0.2, -0.15) is 0 Å². The lowest BCUT2D eigenvalue weighted by Gasteiger charge is -2.14. The van der Waals surface area contributed by atoms with E-state index >= 15 is 0 Å². The van der Waals surface area contributed by atoms with Crippen LogP contribution in [0.2, 0.25) is 0 Å². The Morgan fingerprint density at radius 3 is 2.75 bits per heavy atom. The first-order valence-electron chi connectivity index (χ1n) is 8.33. The quantitative estimate of drug-likeness (QED) is 0.599. The number of aromatic nitrogens is 1. The number of amides is 2. The van der Waals surface area contributed by atoms with Gasteiger partial charge in [-0.15, -0.1) is 0 Å². The van der Waals surface area contributed by atoms with Crippen LogP contribution in [0.25, 0.3) is 22.6 Å². The molecule has 0 bridgehead atoms. The SMILES string of the molecule is COCC(NC(=O)Nc1ccc(-c2nc3cc(C)ccc3o2)cc1F)C(=O)O. The second-order valence-electron chi connectivity index (χ2n) is 6.13. The summed E-state index contributed by atoms with van der Waals surface area (Å²) in [5, 5.41) is 13.5. The molecule has 146 valence electrons. The van der Waals surface area contributed by atoms with Crippen molar-refractivity contribution < 1.29 is 28.2 Å². The number of benzene rings is 2. The van der Waals surface area contributed by atoms with Crippen molar-refractivity contribution in [2.75, 3.05) is 19.0 Å². The van der Waals surface area contributed by atoms with Gasteiger partial charge in [-0.1, -0.05) is 6.07 Å². The highest BCUT2D eigenvalue weighted by Gasteiger charge is 2.20. The zero-order chi connectivity index (χ0) is 20.3. The lowest BCUT2D eigenvalue weighted by molar-refractivity contribution is -0.140. The monoisotopic (exact) mass is 387 g/mol. The summed E-state index contributed by atoms with van der Waals surface area (Å²) >= 11 is 0. The predicted molar refractivity (Wildman–Crippen MR) is 99.6 cm³/mol. The molecule has 3 N–H and O–H groups in total. The Labute approximate surface area is 159 Å². The van der Waals surface area contributed by atoms with E-state index < -0.39 is 23.9 Å². The highest BCUT2D eigenvalue weighted by Crippen LogP contribution is 2.27. The van der Waals surface area contributed by atoms with Crippen LogP contribution < -0.4 is 10.6 Å². The zero-order valence-electron chi connectivity index (χ0n) is 15.2. The fourth-order valence-electron chi connectivity index (χ4n) is 2.57. The Balaban J connectivity index is 1.76. The minimum atomic E-state index is -1.26. The number of nitrogens with one attached hydrogen (secondary N) is 2. The van der Waals surface area contributed by atoms with Crippen molar-refractivity contribution in [3.05, 3.63) is 47.8 Å². The van der Waals surface area contributed by atoms with E-state index in [2.05, 4.69) is 15.6 Å². The van der Waals surface area contributed by atoms with Gasteiger partial charge in [-0.05, 0) is 42.8 Å². The van der Waals surface area contributed by atoms with E-state index in [1.807, 2.05) is 19.1 Å². The van der Waals surface area contributed by atoms with E-state index in [0.717, 1.165) is 5.56 Å². The van der Waals surface area contributed by atoms with Crippen molar-refractivity contribution in [3.63, 3.8) is 0 Å². The number of carboxylic acids is 1. The minimum Gasteiger partial charge on any atom is -0.480 e. The maximum absolute atomic E-state index is 14.4. The van der Waals surface area contributed by atoms with Gasteiger partial charge in [-0.3, -0.25) is 0 Å². The van der Waals surface area contributed by atoms with Crippen LogP contribution in [0.4, 0.5) is 14.9 Å². The van der Waals surface area contributed by atoms with Gasteiger partial charge in [-0.25, -0.2) is 19.0 Å². The van der Waals surface area contributed by atoms with Crippen LogP contribution in [0.3, 0.4) is 0 Å². The van der Waals surface area contributed by atoms with E-state index in [-0.39, 0.29) is 18.2 Å². The first-order chi connectivity index (χ1) is 13.4. The predicted octanol–water partition coefficient (Wildman–Crippen LogP) is 3.16. The maximum Gasteiger partial charge on any atom is 0.328 e. The third kappa shape index (κ3) is 4.26. The van der Waals surface area contributed by atoms with E-state index in [4.69, 9.17) is 14.3 Å². The number of ether oxygens (including phenoxy) is 1. The number of urea groups is 1. The molecule has 8 nitrogen and oxygen atoms in total. The summed E-state index contributed by atoms with van der Waals surface area (Å²) in [5.74, 6) is -1.73. The van der Waals surface area contributed by atoms with Crippen molar-refractivity contribution in [1.29, 1.82) is 0 Å². The molecule has 2 aromatic carbocycles. The van der Waals surface area contributed by atoms with Gasteiger partial charge in [0.25, 0.3) is 0 Å². The highest BCUT2D eigenvalue weighted by atomic mass is 19.1. The number of fused-ring (bicyclic) bond motifs is 1. The van der Waals surface area contributed by atoms with E-state index in [9.17, 15) is 14.0 Å². The standard InChI is InChI=1S/C19H18FN3O5/c1-10-3-6-16-14(7-10)21-17(28-16)11-4-5-13(12(20)8-11)22-19(26)23-15(9-27-2)18(24)25/h3-8,15H,9H2,1-2H3,(H,24,25)(H2,22,23,26). The van der Waals surface area contributed by atoms with Crippen LogP contribution in [-0.4, -0.2) is 41.8 Å². The molecule has 0 aliphatic carbocycles. The second-order valence-corrected chi connectivity index (χ2v) is 6.13. The Hall–Kier alpha value is -3.46. The number of carbonyl (C=O) groups is 2. The molecule has 0 spiro atoms. The summed E-state index contributed by atoms with van der Waals surface area (Å²) in [6.45, 7) is 1.71. The van der Waals surface area contributed by atoms with E-state index in [1.165, 1.54) is 19.2 Å². The Morgan fingerprint density at radius 1 is 1.29 bits per heavy atom.